The van der Waals surface area contributed by atoms with Crippen LogP contribution in [-0.4, -0.2) is 18.8 Å². The van der Waals surface area contributed by atoms with E-state index in [-0.39, 0.29) is 5.56 Å². The van der Waals surface area contributed by atoms with Gasteiger partial charge in [0.2, 0.25) is 5.88 Å². The molecule has 0 saturated heterocycles. The number of anilines is 2. The zero-order valence-electron chi connectivity index (χ0n) is 19.9. The largest absolute Gasteiger partial charge is 0.493 e. The summed E-state index contributed by atoms with van der Waals surface area (Å²) in [6, 6.07) is 19.5. The number of benzene rings is 3. The average molecular weight is 455 g/mol. The second-order valence-corrected chi connectivity index (χ2v) is 8.40. The third-order valence-electron chi connectivity index (χ3n) is 6.24. The summed E-state index contributed by atoms with van der Waals surface area (Å²) >= 11 is 0. The Morgan fingerprint density at radius 3 is 2.41 bits per heavy atom. The van der Waals surface area contributed by atoms with Crippen LogP contribution in [0.15, 0.2) is 69.9 Å². The highest BCUT2D eigenvalue weighted by Crippen LogP contribution is 2.43. The van der Waals surface area contributed by atoms with Crippen molar-refractivity contribution in [2.45, 2.75) is 13.8 Å². The molecule has 0 aliphatic rings. The molecule has 0 spiro atoms. The van der Waals surface area contributed by atoms with Crippen LogP contribution in [0.2, 0.25) is 0 Å². The summed E-state index contributed by atoms with van der Waals surface area (Å²) in [5, 5.41) is 4.83. The fourth-order valence-corrected chi connectivity index (χ4v) is 4.49. The van der Waals surface area contributed by atoms with Crippen LogP contribution in [-0.2, 0) is 7.05 Å². The van der Waals surface area contributed by atoms with Gasteiger partial charge in [-0.1, -0.05) is 35.9 Å². The minimum absolute atomic E-state index is 0.129. The first-order chi connectivity index (χ1) is 16.4. The number of pyridine rings is 1. The molecule has 0 aliphatic carbocycles. The van der Waals surface area contributed by atoms with E-state index in [0.717, 1.165) is 27.7 Å². The van der Waals surface area contributed by atoms with Crippen molar-refractivity contribution in [3.8, 4) is 22.6 Å². The number of para-hydroxylation sites is 1. The number of furan rings is 1. The smallest absolute Gasteiger partial charge is 0.262 e. The van der Waals surface area contributed by atoms with Gasteiger partial charge in [0, 0.05) is 18.1 Å². The molecule has 0 saturated carbocycles. The van der Waals surface area contributed by atoms with E-state index in [9.17, 15) is 4.79 Å². The van der Waals surface area contributed by atoms with Gasteiger partial charge in [-0.2, -0.15) is 0 Å². The van der Waals surface area contributed by atoms with Crippen molar-refractivity contribution in [2.75, 3.05) is 19.5 Å². The van der Waals surface area contributed by atoms with E-state index in [1.807, 2.05) is 61.5 Å². The monoisotopic (exact) mass is 454 g/mol. The zero-order chi connectivity index (χ0) is 24.0. The number of methoxy groups -OCH3 is 2. The Balaban J connectivity index is 1.86. The lowest BCUT2D eigenvalue weighted by molar-refractivity contribution is 0.355. The van der Waals surface area contributed by atoms with Gasteiger partial charge in [0.15, 0.2) is 17.1 Å². The van der Waals surface area contributed by atoms with E-state index >= 15 is 0 Å². The molecule has 2 heterocycles. The minimum Gasteiger partial charge on any atom is -0.493 e. The highest BCUT2D eigenvalue weighted by molar-refractivity contribution is 6.11. The molecule has 5 aromatic rings. The predicted molar refractivity (Wildman–Crippen MR) is 137 cm³/mol. The number of ether oxygens (including phenoxy) is 2. The van der Waals surface area contributed by atoms with Crippen LogP contribution < -0.4 is 20.3 Å². The quantitative estimate of drug-likeness (QED) is 0.336. The van der Waals surface area contributed by atoms with Crippen molar-refractivity contribution in [1.82, 2.24) is 4.57 Å². The van der Waals surface area contributed by atoms with Crippen molar-refractivity contribution in [1.29, 1.82) is 0 Å². The van der Waals surface area contributed by atoms with Crippen LogP contribution in [0.25, 0.3) is 33.0 Å². The van der Waals surface area contributed by atoms with Gasteiger partial charge in [-0.15, -0.1) is 0 Å². The van der Waals surface area contributed by atoms with Crippen molar-refractivity contribution in [3.63, 3.8) is 0 Å². The van der Waals surface area contributed by atoms with Crippen molar-refractivity contribution < 1.29 is 13.9 Å². The van der Waals surface area contributed by atoms with E-state index in [2.05, 4.69) is 18.3 Å². The van der Waals surface area contributed by atoms with Crippen LogP contribution in [0.3, 0.4) is 0 Å². The minimum atomic E-state index is -0.129. The Morgan fingerprint density at radius 1 is 0.912 bits per heavy atom. The highest BCUT2D eigenvalue weighted by atomic mass is 16.5. The number of hydrogen-bond donors (Lipinski definition) is 1. The number of fused-ring (bicyclic) bond motifs is 3. The number of rotatable bonds is 5. The molecule has 1 N–H and O–H groups in total. The van der Waals surface area contributed by atoms with Gasteiger partial charge in [-0.25, -0.2) is 0 Å². The van der Waals surface area contributed by atoms with Gasteiger partial charge in [0.1, 0.15) is 0 Å². The Morgan fingerprint density at radius 2 is 1.68 bits per heavy atom. The van der Waals surface area contributed by atoms with E-state index in [1.165, 1.54) is 5.56 Å². The summed E-state index contributed by atoms with van der Waals surface area (Å²) in [7, 11) is 4.98. The number of nitrogens with zero attached hydrogens (tertiary/aromatic N) is 1. The molecule has 0 fully saturated rings. The van der Waals surface area contributed by atoms with Gasteiger partial charge >= 0.3 is 0 Å². The molecule has 6 nitrogen and oxygen atoms in total. The molecule has 6 heteroatoms. The van der Waals surface area contributed by atoms with Crippen LogP contribution in [0, 0.1) is 13.8 Å². The maximum atomic E-state index is 13.6. The molecule has 5 rings (SSSR count). The topological polar surface area (TPSA) is 65.6 Å². The number of nitrogens with one attached hydrogen (secondary N) is 1. The molecule has 0 aliphatic heterocycles. The lowest BCUT2D eigenvalue weighted by Gasteiger charge is -2.12. The summed E-state index contributed by atoms with van der Waals surface area (Å²) in [6.07, 6.45) is 0. The molecular weight excluding hydrogens is 428 g/mol. The first kappa shape index (κ1) is 21.6. The summed E-state index contributed by atoms with van der Waals surface area (Å²) in [6.45, 7) is 4.10. The second kappa shape index (κ2) is 8.30. The number of aromatic nitrogens is 1. The molecule has 0 bridgehead atoms. The highest BCUT2D eigenvalue weighted by Gasteiger charge is 2.24. The third-order valence-corrected chi connectivity index (χ3v) is 6.24. The summed E-state index contributed by atoms with van der Waals surface area (Å²) in [5.74, 6) is 1.69. The molecule has 0 atom stereocenters. The Kier molecular flexibility index (Phi) is 5.28. The summed E-state index contributed by atoms with van der Waals surface area (Å²) in [5.41, 5.74) is 5.87. The third kappa shape index (κ3) is 3.39. The standard InChI is InChI=1S/C28H26N2O4/c1-16-10-12-20(17(2)14-16)29-27-24(18-11-13-22(32-4)23(15-18)33-5)25-26(34-27)19-8-6-7-9-21(19)30(3)28(25)31/h6-15,29H,1-5H3. The summed E-state index contributed by atoms with van der Waals surface area (Å²) < 4.78 is 19.1. The van der Waals surface area contributed by atoms with Crippen LogP contribution in [0.4, 0.5) is 11.6 Å². The van der Waals surface area contributed by atoms with E-state index in [0.29, 0.717) is 33.9 Å². The molecule has 34 heavy (non-hydrogen) atoms. The molecule has 0 radical (unpaired) electrons. The molecule has 0 unspecified atom stereocenters. The Labute approximate surface area is 197 Å². The van der Waals surface area contributed by atoms with Crippen molar-refractivity contribution >= 4 is 33.4 Å². The molecule has 3 aromatic carbocycles. The van der Waals surface area contributed by atoms with Gasteiger partial charge in [-0.05, 0) is 55.3 Å². The van der Waals surface area contributed by atoms with Crippen LogP contribution in [0.1, 0.15) is 11.1 Å². The first-order valence-corrected chi connectivity index (χ1v) is 11.0. The Bertz CT molecular complexity index is 1610. The number of hydrogen-bond acceptors (Lipinski definition) is 5. The molecule has 172 valence electrons. The van der Waals surface area contributed by atoms with Crippen molar-refractivity contribution in [2.24, 2.45) is 7.05 Å². The first-order valence-electron chi connectivity index (χ1n) is 11.0. The van der Waals surface area contributed by atoms with Gasteiger partial charge < -0.3 is 23.8 Å². The maximum absolute atomic E-state index is 13.6. The van der Waals surface area contributed by atoms with Gasteiger partial charge in [0.05, 0.1) is 30.7 Å². The van der Waals surface area contributed by atoms with Crippen molar-refractivity contribution in [3.05, 3.63) is 82.1 Å². The Hall–Kier alpha value is -4.19. The second-order valence-electron chi connectivity index (χ2n) is 8.40. The maximum Gasteiger partial charge on any atom is 0.262 e. The van der Waals surface area contributed by atoms with E-state index in [4.69, 9.17) is 13.9 Å². The predicted octanol–water partition coefficient (Wildman–Crippen LogP) is 6.33. The summed E-state index contributed by atoms with van der Waals surface area (Å²) in [4.78, 5) is 13.6. The average Bonchev–Trinajstić information content (AvgIpc) is 3.23. The molecule has 2 aromatic heterocycles. The van der Waals surface area contributed by atoms with Gasteiger partial charge in [0.25, 0.3) is 5.56 Å². The van der Waals surface area contributed by atoms with E-state index < -0.39 is 0 Å². The lowest BCUT2D eigenvalue weighted by atomic mass is 10.0. The zero-order valence-corrected chi connectivity index (χ0v) is 19.9. The van der Waals surface area contributed by atoms with E-state index in [1.54, 1.807) is 25.8 Å². The lowest BCUT2D eigenvalue weighted by Crippen LogP contribution is -2.17. The normalized spacial score (nSPS) is 11.2. The van der Waals surface area contributed by atoms with Crippen LogP contribution >= 0.6 is 0 Å². The SMILES string of the molecule is COc1ccc(-c2c(Nc3ccc(C)cc3C)oc3c2c(=O)n(C)c2ccccc32)cc1OC. The van der Waals surface area contributed by atoms with Gasteiger partial charge in [-0.3, -0.25) is 4.79 Å². The molecule has 0 amide bonds. The molecular formula is C28H26N2O4. The van der Waals surface area contributed by atoms with Crippen LogP contribution in [0.5, 0.6) is 11.5 Å². The fraction of sp³-hybridized carbons (Fsp3) is 0.179. The number of aryl methyl sites for hydroxylation is 3. The fourth-order valence-electron chi connectivity index (χ4n) is 4.49.